The Morgan fingerprint density at radius 3 is 2.33 bits per heavy atom. The molecule has 0 radical (unpaired) electrons. The molecule has 8 nitrogen and oxygen atoms in total. The molecule has 2 atom stereocenters. The molecule has 0 unspecified atom stereocenters. The first kappa shape index (κ1) is 20.9. The molecular weight excluding hydrogens is 370 g/mol. The van der Waals surface area contributed by atoms with Crippen LogP contribution in [0.4, 0.5) is 0 Å². The number of carbonyl (C=O) groups is 3. The van der Waals surface area contributed by atoms with Gasteiger partial charge in [-0.1, -0.05) is 44.2 Å². The summed E-state index contributed by atoms with van der Waals surface area (Å²) in [7, 11) is -3.19. The number of benzene rings is 1. The minimum absolute atomic E-state index is 0.0246. The molecular formula is C18H25N3O5S. The normalized spacial score (nSPS) is 19.3. The molecule has 27 heavy (non-hydrogen) atoms. The standard InChI is InChI=1S/C18H25N3O5S/c1-12(2)16(19-15(22)10-13-6-4-3-5-7-13)18(24)21-20-17(23)14-8-9-27(25,26)11-14/h3-7,12,14,16H,8-11H2,1-2H3,(H,19,22)(H,20,23)(H,21,24)/t14-,16-/m0/s1. The van der Waals surface area contributed by atoms with Crippen molar-refractivity contribution in [1.82, 2.24) is 16.2 Å². The highest BCUT2D eigenvalue weighted by Gasteiger charge is 2.33. The van der Waals surface area contributed by atoms with Crippen molar-refractivity contribution < 1.29 is 22.8 Å². The van der Waals surface area contributed by atoms with E-state index in [0.717, 1.165) is 5.56 Å². The number of amides is 3. The molecule has 0 saturated carbocycles. The second-order valence-corrected chi connectivity index (χ2v) is 9.26. The minimum atomic E-state index is -3.19. The van der Waals surface area contributed by atoms with Gasteiger partial charge in [0.1, 0.15) is 6.04 Å². The first-order chi connectivity index (χ1) is 12.7. The van der Waals surface area contributed by atoms with E-state index < -0.39 is 33.6 Å². The Morgan fingerprint density at radius 2 is 1.78 bits per heavy atom. The van der Waals surface area contributed by atoms with E-state index in [1.54, 1.807) is 13.8 Å². The number of hydrogen-bond donors (Lipinski definition) is 3. The van der Waals surface area contributed by atoms with Gasteiger partial charge in [0.05, 0.1) is 23.8 Å². The number of hydrogen-bond acceptors (Lipinski definition) is 5. The van der Waals surface area contributed by atoms with Crippen LogP contribution in [-0.4, -0.2) is 43.7 Å². The fourth-order valence-corrected chi connectivity index (χ4v) is 4.59. The highest BCUT2D eigenvalue weighted by atomic mass is 32.2. The Balaban J connectivity index is 1.87. The zero-order chi connectivity index (χ0) is 20.0. The lowest BCUT2D eigenvalue weighted by Crippen LogP contribution is -2.55. The fraction of sp³-hybridized carbons (Fsp3) is 0.500. The van der Waals surface area contributed by atoms with Crippen LogP contribution in [0.1, 0.15) is 25.8 Å². The molecule has 0 spiro atoms. The summed E-state index contributed by atoms with van der Waals surface area (Å²) in [4.78, 5) is 36.6. The van der Waals surface area contributed by atoms with E-state index >= 15 is 0 Å². The third-order valence-electron chi connectivity index (χ3n) is 4.39. The Kier molecular flexibility index (Phi) is 6.95. The fourth-order valence-electron chi connectivity index (χ4n) is 2.85. The van der Waals surface area contributed by atoms with Crippen LogP contribution >= 0.6 is 0 Å². The molecule has 1 fully saturated rings. The Hall–Kier alpha value is -2.42. The smallest absolute Gasteiger partial charge is 0.261 e. The highest BCUT2D eigenvalue weighted by molar-refractivity contribution is 7.91. The van der Waals surface area contributed by atoms with Crippen molar-refractivity contribution in [2.75, 3.05) is 11.5 Å². The molecule has 1 aliphatic rings. The zero-order valence-electron chi connectivity index (χ0n) is 15.4. The Morgan fingerprint density at radius 1 is 1.11 bits per heavy atom. The molecule has 3 amide bonds. The van der Waals surface area contributed by atoms with Gasteiger partial charge in [0.2, 0.25) is 11.8 Å². The maximum Gasteiger partial charge on any atom is 0.261 e. The minimum Gasteiger partial charge on any atom is -0.344 e. The summed E-state index contributed by atoms with van der Waals surface area (Å²) in [6, 6.07) is 8.32. The van der Waals surface area contributed by atoms with Crippen LogP contribution in [0.5, 0.6) is 0 Å². The molecule has 1 heterocycles. The maximum atomic E-state index is 12.4. The molecule has 1 saturated heterocycles. The predicted octanol–water partition coefficient (Wildman–Crippen LogP) is -0.0480. The summed E-state index contributed by atoms with van der Waals surface area (Å²) in [5.74, 6) is -2.50. The number of sulfone groups is 1. The quantitative estimate of drug-likeness (QED) is 0.583. The molecule has 1 aromatic rings. The van der Waals surface area contributed by atoms with Gasteiger partial charge in [-0.25, -0.2) is 8.42 Å². The van der Waals surface area contributed by atoms with E-state index in [0.29, 0.717) is 0 Å². The number of hydrazine groups is 1. The Labute approximate surface area is 159 Å². The van der Waals surface area contributed by atoms with Gasteiger partial charge in [0.15, 0.2) is 9.84 Å². The SMILES string of the molecule is CC(C)[C@H](NC(=O)Cc1ccccc1)C(=O)NNC(=O)[C@H]1CCS(=O)(=O)C1. The summed E-state index contributed by atoms with van der Waals surface area (Å²) in [5, 5.41) is 2.67. The summed E-state index contributed by atoms with van der Waals surface area (Å²) >= 11 is 0. The van der Waals surface area contributed by atoms with Crippen molar-refractivity contribution in [3.8, 4) is 0 Å². The summed E-state index contributed by atoms with van der Waals surface area (Å²) in [5.41, 5.74) is 5.38. The van der Waals surface area contributed by atoms with Crippen LogP contribution in [-0.2, 0) is 30.6 Å². The van der Waals surface area contributed by atoms with Crippen molar-refractivity contribution in [2.24, 2.45) is 11.8 Å². The first-order valence-electron chi connectivity index (χ1n) is 8.81. The van der Waals surface area contributed by atoms with Crippen molar-refractivity contribution in [3.63, 3.8) is 0 Å². The third-order valence-corrected chi connectivity index (χ3v) is 6.15. The molecule has 0 aliphatic carbocycles. The van der Waals surface area contributed by atoms with E-state index in [2.05, 4.69) is 16.2 Å². The summed E-state index contributed by atoms with van der Waals surface area (Å²) < 4.78 is 22.9. The van der Waals surface area contributed by atoms with E-state index in [4.69, 9.17) is 0 Å². The van der Waals surface area contributed by atoms with Crippen LogP contribution < -0.4 is 16.2 Å². The van der Waals surface area contributed by atoms with Gasteiger partial charge in [-0.05, 0) is 17.9 Å². The van der Waals surface area contributed by atoms with Gasteiger partial charge < -0.3 is 5.32 Å². The molecule has 0 aromatic heterocycles. The van der Waals surface area contributed by atoms with E-state index in [9.17, 15) is 22.8 Å². The van der Waals surface area contributed by atoms with Crippen molar-refractivity contribution in [1.29, 1.82) is 0 Å². The van der Waals surface area contributed by atoms with Gasteiger partial charge in [0.25, 0.3) is 5.91 Å². The number of carbonyl (C=O) groups excluding carboxylic acids is 3. The number of nitrogens with one attached hydrogen (secondary N) is 3. The van der Waals surface area contributed by atoms with Crippen LogP contribution in [0.25, 0.3) is 0 Å². The average Bonchev–Trinajstić information content (AvgIpc) is 2.98. The van der Waals surface area contributed by atoms with E-state index in [1.807, 2.05) is 30.3 Å². The molecule has 0 bridgehead atoms. The summed E-state index contributed by atoms with van der Waals surface area (Å²) in [6.45, 7) is 3.55. The van der Waals surface area contributed by atoms with E-state index in [1.165, 1.54) is 0 Å². The second kappa shape index (κ2) is 8.98. The molecule has 3 N–H and O–H groups in total. The molecule has 148 valence electrons. The molecule has 1 aromatic carbocycles. The van der Waals surface area contributed by atoms with Gasteiger partial charge in [-0.15, -0.1) is 0 Å². The summed E-state index contributed by atoms with van der Waals surface area (Å²) in [6.07, 6.45) is 0.384. The van der Waals surface area contributed by atoms with Crippen LogP contribution in [0.15, 0.2) is 30.3 Å². The van der Waals surface area contributed by atoms with E-state index in [-0.39, 0.29) is 36.2 Å². The zero-order valence-corrected chi connectivity index (χ0v) is 16.2. The largest absolute Gasteiger partial charge is 0.344 e. The lowest BCUT2D eigenvalue weighted by Gasteiger charge is -2.22. The second-order valence-electron chi connectivity index (χ2n) is 7.03. The molecule has 9 heteroatoms. The highest BCUT2D eigenvalue weighted by Crippen LogP contribution is 2.18. The van der Waals surface area contributed by atoms with Crippen molar-refractivity contribution in [2.45, 2.75) is 32.7 Å². The lowest BCUT2D eigenvalue weighted by atomic mass is 10.0. The van der Waals surface area contributed by atoms with Crippen molar-refractivity contribution >= 4 is 27.6 Å². The van der Waals surface area contributed by atoms with Crippen LogP contribution in [0.3, 0.4) is 0 Å². The topological polar surface area (TPSA) is 121 Å². The first-order valence-corrected chi connectivity index (χ1v) is 10.6. The maximum absolute atomic E-state index is 12.4. The van der Waals surface area contributed by atoms with Gasteiger partial charge in [-0.2, -0.15) is 0 Å². The van der Waals surface area contributed by atoms with Crippen molar-refractivity contribution in [3.05, 3.63) is 35.9 Å². The predicted molar refractivity (Wildman–Crippen MR) is 100.0 cm³/mol. The molecule has 2 rings (SSSR count). The Bertz CT molecular complexity index is 792. The monoisotopic (exact) mass is 395 g/mol. The van der Waals surface area contributed by atoms with Crippen LogP contribution in [0.2, 0.25) is 0 Å². The number of rotatable bonds is 6. The van der Waals surface area contributed by atoms with Gasteiger partial charge in [0, 0.05) is 0 Å². The lowest BCUT2D eigenvalue weighted by molar-refractivity contribution is -0.134. The van der Waals surface area contributed by atoms with Gasteiger partial charge in [-0.3, -0.25) is 25.2 Å². The van der Waals surface area contributed by atoms with Crippen LogP contribution in [0, 0.1) is 11.8 Å². The average molecular weight is 395 g/mol. The molecule has 1 aliphatic heterocycles. The van der Waals surface area contributed by atoms with Gasteiger partial charge >= 0.3 is 0 Å². The third kappa shape index (κ3) is 6.35.